The first-order chi connectivity index (χ1) is 17.1. The van der Waals surface area contributed by atoms with Crippen LogP contribution in [0.15, 0.2) is 83.9 Å². The number of amides is 2. The summed E-state index contributed by atoms with van der Waals surface area (Å²) in [7, 11) is -1.94. The van der Waals surface area contributed by atoms with E-state index in [1.54, 1.807) is 31.3 Å². The van der Waals surface area contributed by atoms with Crippen molar-refractivity contribution in [2.75, 3.05) is 36.0 Å². The number of fused-ring (bicyclic) bond motifs is 1. The fraction of sp³-hybridized carbons (Fsp3) is 0.222. The number of hydrogen-bond acceptors (Lipinski definition) is 5. The zero-order chi connectivity index (χ0) is 25.9. The molecule has 1 aliphatic heterocycles. The molecule has 1 atom stereocenters. The maximum Gasteiger partial charge on any atom is 0.238 e. The molecule has 8 nitrogen and oxygen atoms in total. The highest BCUT2D eigenvalue weighted by atomic mass is 32.2. The van der Waals surface area contributed by atoms with Gasteiger partial charge in [0.25, 0.3) is 0 Å². The van der Waals surface area contributed by atoms with E-state index in [0.29, 0.717) is 17.1 Å². The van der Waals surface area contributed by atoms with Gasteiger partial charge in [0.05, 0.1) is 29.9 Å². The molecule has 0 radical (unpaired) electrons. The van der Waals surface area contributed by atoms with Crippen LogP contribution in [-0.2, 0) is 19.6 Å². The number of carbonyl (C=O) groups is 2. The van der Waals surface area contributed by atoms with Crippen molar-refractivity contribution in [3.63, 3.8) is 0 Å². The fourth-order valence-corrected chi connectivity index (χ4v) is 5.02. The van der Waals surface area contributed by atoms with E-state index in [2.05, 4.69) is 5.32 Å². The highest BCUT2D eigenvalue weighted by molar-refractivity contribution is 7.92. The van der Waals surface area contributed by atoms with Gasteiger partial charge in [0, 0.05) is 26.2 Å². The van der Waals surface area contributed by atoms with E-state index in [1.165, 1.54) is 16.1 Å². The molecule has 0 aliphatic carbocycles. The molecule has 1 N–H and O–H groups in total. The normalized spacial score (nSPS) is 15.2. The molecule has 1 unspecified atom stereocenters. The quantitative estimate of drug-likeness (QED) is 0.472. The first-order valence-corrected chi connectivity index (χ1v) is 13.3. The highest BCUT2D eigenvalue weighted by Gasteiger charge is 2.35. The van der Waals surface area contributed by atoms with E-state index in [9.17, 15) is 18.0 Å². The number of carbonyl (C=O) groups excluding carboxylic acids is 2. The minimum atomic E-state index is -3.57. The van der Waals surface area contributed by atoms with Crippen LogP contribution in [0, 0.1) is 0 Å². The first-order valence-electron chi connectivity index (χ1n) is 11.5. The van der Waals surface area contributed by atoms with Crippen molar-refractivity contribution >= 4 is 44.6 Å². The average Bonchev–Trinajstić information content (AvgIpc) is 3.18. The van der Waals surface area contributed by atoms with Gasteiger partial charge in [-0.25, -0.2) is 8.42 Å². The summed E-state index contributed by atoms with van der Waals surface area (Å²) in [5.74, 6) is -0.856. The Morgan fingerprint density at radius 1 is 0.944 bits per heavy atom. The summed E-state index contributed by atoms with van der Waals surface area (Å²) in [5, 5.41) is 2.93. The first kappa shape index (κ1) is 25.1. The van der Waals surface area contributed by atoms with Crippen molar-refractivity contribution in [2.24, 2.45) is 4.99 Å². The van der Waals surface area contributed by atoms with Crippen LogP contribution in [0.4, 0.5) is 17.1 Å². The average molecular weight is 505 g/mol. The van der Waals surface area contributed by atoms with E-state index < -0.39 is 15.9 Å². The van der Waals surface area contributed by atoms with Gasteiger partial charge in [0.1, 0.15) is 5.92 Å². The molecule has 0 saturated heterocycles. The molecule has 3 aromatic carbocycles. The third-order valence-electron chi connectivity index (χ3n) is 6.10. The summed E-state index contributed by atoms with van der Waals surface area (Å²) in [6, 6.07) is 23.9. The number of aliphatic imine (C=N–C) groups is 1. The number of benzene rings is 3. The molecule has 0 fully saturated rings. The van der Waals surface area contributed by atoms with Crippen molar-refractivity contribution in [1.29, 1.82) is 0 Å². The molecule has 186 valence electrons. The lowest BCUT2D eigenvalue weighted by molar-refractivity contribution is -0.127. The predicted molar refractivity (Wildman–Crippen MR) is 142 cm³/mol. The predicted octanol–water partition coefficient (Wildman–Crippen LogP) is 3.79. The van der Waals surface area contributed by atoms with E-state index in [1.807, 2.05) is 54.6 Å². The molecule has 36 heavy (non-hydrogen) atoms. The Labute approximate surface area is 211 Å². The molecule has 0 spiro atoms. The smallest absolute Gasteiger partial charge is 0.238 e. The van der Waals surface area contributed by atoms with E-state index in [4.69, 9.17) is 4.99 Å². The topological polar surface area (TPSA) is 99.2 Å². The Balaban J connectivity index is 1.69. The zero-order valence-corrected chi connectivity index (χ0v) is 21.2. The second-order valence-electron chi connectivity index (χ2n) is 8.66. The third kappa shape index (κ3) is 5.46. The highest BCUT2D eigenvalue weighted by Crippen LogP contribution is 2.36. The van der Waals surface area contributed by atoms with Gasteiger partial charge in [-0.2, -0.15) is 0 Å². The standard InChI is InChI=1S/C27H28N4O4S/c1-19(32)30(2)17-18-31(36(3,34)35)22-15-13-21(14-16-22)28-26(20-9-5-4-6-10-20)25-23-11-7-8-12-24(23)29-27(25)33/h4-16,25H,17-18H2,1-3H3,(H,29,33). The Bertz CT molecular complexity index is 1400. The lowest BCUT2D eigenvalue weighted by Gasteiger charge is -2.25. The van der Waals surface area contributed by atoms with E-state index >= 15 is 0 Å². The van der Waals surface area contributed by atoms with Crippen LogP contribution in [0.5, 0.6) is 0 Å². The minimum Gasteiger partial charge on any atom is -0.344 e. The number of anilines is 2. The summed E-state index contributed by atoms with van der Waals surface area (Å²) < 4.78 is 26.1. The number of hydrogen-bond donors (Lipinski definition) is 1. The number of nitrogens with one attached hydrogen (secondary N) is 1. The molecule has 9 heteroatoms. The van der Waals surface area contributed by atoms with Gasteiger partial charge < -0.3 is 10.2 Å². The van der Waals surface area contributed by atoms with Gasteiger partial charge in [-0.1, -0.05) is 48.5 Å². The number of para-hydroxylation sites is 1. The monoisotopic (exact) mass is 504 g/mol. The Morgan fingerprint density at radius 3 is 2.22 bits per heavy atom. The summed E-state index contributed by atoms with van der Waals surface area (Å²) >= 11 is 0. The molecule has 1 heterocycles. The maximum absolute atomic E-state index is 13.0. The SMILES string of the molecule is CC(=O)N(C)CCN(c1ccc(N=C(c2ccccc2)C2C(=O)Nc3ccccc32)cc1)S(C)(=O)=O. The van der Waals surface area contributed by atoms with Crippen LogP contribution in [0.25, 0.3) is 0 Å². The summed E-state index contributed by atoms with van der Waals surface area (Å²) in [4.78, 5) is 30.8. The number of rotatable bonds is 8. The van der Waals surface area contributed by atoms with Crippen LogP contribution in [0.1, 0.15) is 24.0 Å². The molecule has 3 aromatic rings. The molecule has 0 saturated carbocycles. The summed E-state index contributed by atoms with van der Waals surface area (Å²) in [6.45, 7) is 1.83. The van der Waals surface area contributed by atoms with Crippen LogP contribution < -0.4 is 9.62 Å². The largest absolute Gasteiger partial charge is 0.344 e. The summed E-state index contributed by atoms with van der Waals surface area (Å²) in [5.41, 5.74) is 4.12. The third-order valence-corrected chi connectivity index (χ3v) is 7.29. The molecular weight excluding hydrogens is 476 g/mol. The van der Waals surface area contributed by atoms with Crippen molar-refractivity contribution < 1.29 is 18.0 Å². The summed E-state index contributed by atoms with van der Waals surface area (Å²) in [6.07, 6.45) is 1.14. The van der Waals surface area contributed by atoms with E-state index in [-0.39, 0.29) is 24.9 Å². The van der Waals surface area contributed by atoms with Gasteiger partial charge >= 0.3 is 0 Å². The zero-order valence-electron chi connectivity index (χ0n) is 20.4. The van der Waals surface area contributed by atoms with Gasteiger partial charge in [-0.3, -0.25) is 18.9 Å². The molecule has 1 aliphatic rings. The van der Waals surface area contributed by atoms with Gasteiger partial charge in [0.2, 0.25) is 21.8 Å². The van der Waals surface area contributed by atoms with Gasteiger partial charge in [-0.05, 0) is 41.5 Å². The lowest BCUT2D eigenvalue weighted by atomic mass is 9.90. The van der Waals surface area contributed by atoms with Crippen LogP contribution >= 0.6 is 0 Å². The van der Waals surface area contributed by atoms with Crippen LogP contribution in [0.3, 0.4) is 0 Å². The molecule has 0 aromatic heterocycles. The van der Waals surface area contributed by atoms with E-state index in [0.717, 1.165) is 23.1 Å². The Morgan fingerprint density at radius 2 is 1.58 bits per heavy atom. The second kappa shape index (κ2) is 10.3. The van der Waals surface area contributed by atoms with Gasteiger partial charge in [0.15, 0.2) is 0 Å². The van der Waals surface area contributed by atoms with Crippen LogP contribution in [-0.4, -0.2) is 57.2 Å². The van der Waals surface area contributed by atoms with Crippen LogP contribution in [0.2, 0.25) is 0 Å². The molecule has 0 bridgehead atoms. The number of nitrogens with zero attached hydrogens (tertiary/aromatic N) is 3. The van der Waals surface area contributed by atoms with Crippen molar-refractivity contribution in [1.82, 2.24) is 4.90 Å². The molecule has 2 amide bonds. The minimum absolute atomic E-state index is 0.131. The Kier molecular flexibility index (Phi) is 7.21. The lowest BCUT2D eigenvalue weighted by Crippen LogP contribution is -2.38. The van der Waals surface area contributed by atoms with Crippen molar-refractivity contribution in [3.8, 4) is 0 Å². The second-order valence-corrected chi connectivity index (χ2v) is 10.6. The Hall–Kier alpha value is -3.98. The number of likely N-dealkylation sites (N-methyl/N-ethyl adjacent to an activating group) is 1. The number of sulfonamides is 1. The molecular formula is C27H28N4O4S. The maximum atomic E-state index is 13.0. The van der Waals surface area contributed by atoms with Crippen molar-refractivity contribution in [2.45, 2.75) is 12.8 Å². The van der Waals surface area contributed by atoms with Gasteiger partial charge in [-0.15, -0.1) is 0 Å². The van der Waals surface area contributed by atoms with Crippen molar-refractivity contribution in [3.05, 3.63) is 90.0 Å². The fourth-order valence-electron chi connectivity index (χ4n) is 4.10. The molecule has 4 rings (SSSR count).